The van der Waals surface area contributed by atoms with Crippen molar-refractivity contribution < 1.29 is 28.7 Å². The number of H-pyrrole nitrogens is 1. The molecule has 2 aliphatic rings. The van der Waals surface area contributed by atoms with Crippen molar-refractivity contribution in [2.45, 2.75) is 57.5 Å². The lowest BCUT2D eigenvalue weighted by atomic mass is 10.0. The summed E-state index contributed by atoms with van der Waals surface area (Å²) in [7, 11) is 0. The number of para-hydroxylation sites is 1. The number of imide groups is 2. The van der Waals surface area contributed by atoms with Crippen molar-refractivity contribution in [1.29, 1.82) is 0 Å². The maximum atomic E-state index is 13.2. The van der Waals surface area contributed by atoms with Gasteiger partial charge in [-0.3, -0.25) is 38.9 Å². The molecule has 2 aliphatic heterocycles. The molecule has 1 unspecified atom stereocenters. The molecule has 1 saturated heterocycles. The van der Waals surface area contributed by atoms with E-state index >= 15 is 0 Å². The number of aromatic amines is 1. The van der Waals surface area contributed by atoms with E-state index in [1.54, 1.807) is 18.5 Å². The summed E-state index contributed by atoms with van der Waals surface area (Å²) in [5.41, 5.74) is 3.39. The van der Waals surface area contributed by atoms with Crippen LogP contribution in [0.5, 0.6) is 5.75 Å². The van der Waals surface area contributed by atoms with Crippen LogP contribution in [0.15, 0.2) is 67.3 Å². The van der Waals surface area contributed by atoms with Crippen LogP contribution in [-0.4, -0.2) is 78.4 Å². The number of hydrogen-bond donors (Lipinski definition) is 4. The molecule has 0 aliphatic carbocycles. The fraction of sp³-hybridized carbons (Fsp3) is 0.297. The molecular formula is C37H36ClN9O6. The van der Waals surface area contributed by atoms with Crippen LogP contribution in [0.25, 0.3) is 22.2 Å². The van der Waals surface area contributed by atoms with Crippen molar-refractivity contribution in [3.8, 4) is 17.0 Å². The van der Waals surface area contributed by atoms with Crippen LogP contribution >= 0.6 is 11.6 Å². The van der Waals surface area contributed by atoms with E-state index in [4.69, 9.17) is 16.3 Å². The second-order valence-electron chi connectivity index (χ2n) is 12.8. The Morgan fingerprint density at radius 2 is 1.79 bits per heavy atom. The Kier molecular flexibility index (Phi) is 10.4. The standard InChI is InChI=1S/C37H36ClN9O6/c38-26-19-41-37(45-33(26)25-18-40-27-11-5-4-9-23(25)27)43-22-17-42-46(20-22)16-7-3-1-2-6-15-39-31(49)21-53-29-12-8-10-24-32(29)36(52)47(35(24)51)28-13-14-30(48)44-34(28)50/h4-5,8-12,17-20,28,40H,1-3,6-7,13-16,21H2,(H,39,49)(H,41,43,45)(H,44,48,50). The van der Waals surface area contributed by atoms with Gasteiger partial charge in [0.05, 0.1) is 39.9 Å². The van der Waals surface area contributed by atoms with Gasteiger partial charge in [-0.2, -0.15) is 5.10 Å². The van der Waals surface area contributed by atoms with Gasteiger partial charge in [-0.25, -0.2) is 9.97 Å². The van der Waals surface area contributed by atoms with Gasteiger partial charge in [0.1, 0.15) is 11.8 Å². The quantitative estimate of drug-likeness (QED) is 0.0860. The first-order valence-electron chi connectivity index (χ1n) is 17.4. The summed E-state index contributed by atoms with van der Waals surface area (Å²) >= 11 is 6.46. The maximum absolute atomic E-state index is 13.2. The van der Waals surface area contributed by atoms with E-state index in [1.807, 2.05) is 41.3 Å². The number of aromatic nitrogens is 5. The van der Waals surface area contributed by atoms with Crippen molar-refractivity contribution in [3.05, 3.63) is 83.4 Å². The summed E-state index contributed by atoms with van der Waals surface area (Å²) in [6, 6.07) is 11.4. The van der Waals surface area contributed by atoms with Crippen molar-refractivity contribution >= 4 is 63.7 Å². The molecule has 53 heavy (non-hydrogen) atoms. The number of fused-ring (bicyclic) bond motifs is 2. The fourth-order valence-electron chi connectivity index (χ4n) is 6.52. The van der Waals surface area contributed by atoms with Crippen LogP contribution in [-0.2, 0) is 20.9 Å². The molecule has 0 spiro atoms. The van der Waals surface area contributed by atoms with E-state index in [1.165, 1.54) is 12.1 Å². The third-order valence-electron chi connectivity index (χ3n) is 9.15. The summed E-state index contributed by atoms with van der Waals surface area (Å²) in [5, 5.41) is 14.1. The molecule has 0 bridgehead atoms. The van der Waals surface area contributed by atoms with Gasteiger partial charge in [-0.15, -0.1) is 0 Å². The molecule has 4 N–H and O–H groups in total. The number of unbranched alkanes of at least 4 members (excludes halogenated alkanes) is 4. The summed E-state index contributed by atoms with van der Waals surface area (Å²) in [4.78, 5) is 75.7. The lowest BCUT2D eigenvalue weighted by Crippen LogP contribution is -2.54. The fourth-order valence-corrected chi connectivity index (χ4v) is 6.71. The molecule has 1 fully saturated rings. The molecule has 15 nitrogen and oxygen atoms in total. The van der Waals surface area contributed by atoms with E-state index in [2.05, 4.69) is 36.0 Å². The number of nitrogens with one attached hydrogen (secondary N) is 4. The smallest absolute Gasteiger partial charge is 0.266 e. The minimum atomic E-state index is -1.08. The SMILES string of the molecule is O=C(COc1cccc2c1C(=O)N(C1CCC(=O)NC1=O)C2=O)NCCCCCCCn1cc(Nc2ncc(Cl)c(-c3c[nH]c4ccccc34)n2)cn1. The van der Waals surface area contributed by atoms with Gasteiger partial charge < -0.3 is 20.4 Å². The number of piperidine rings is 1. The summed E-state index contributed by atoms with van der Waals surface area (Å²) in [5.74, 6) is -2.33. The second-order valence-corrected chi connectivity index (χ2v) is 13.2. The van der Waals surface area contributed by atoms with Gasteiger partial charge in [-0.05, 0) is 37.5 Å². The highest BCUT2D eigenvalue weighted by Gasteiger charge is 2.46. The number of anilines is 2. The Labute approximate surface area is 308 Å². The molecule has 2 aromatic carbocycles. The van der Waals surface area contributed by atoms with Gasteiger partial charge in [0, 0.05) is 48.4 Å². The molecule has 0 saturated carbocycles. The highest BCUT2D eigenvalue weighted by atomic mass is 35.5. The molecule has 5 heterocycles. The zero-order valence-corrected chi connectivity index (χ0v) is 29.3. The van der Waals surface area contributed by atoms with Gasteiger partial charge in [0.25, 0.3) is 17.7 Å². The second kappa shape index (κ2) is 15.7. The lowest BCUT2D eigenvalue weighted by molar-refractivity contribution is -0.136. The predicted octanol–water partition coefficient (Wildman–Crippen LogP) is 4.77. The van der Waals surface area contributed by atoms with E-state index in [0.717, 1.165) is 65.7 Å². The molecule has 5 amide bonds. The topological polar surface area (TPSA) is 193 Å². The van der Waals surface area contributed by atoms with Crippen LogP contribution in [0, 0.1) is 0 Å². The molecule has 7 rings (SSSR count). The van der Waals surface area contributed by atoms with Crippen LogP contribution in [0.1, 0.15) is 65.7 Å². The number of nitrogens with zero attached hydrogens (tertiary/aromatic N) is 5. The number of rotatable bonds is 15. The average molecular weight is 738 g/mol. The average Bonchev–Trinajstić information content (AvgIpc) is 3.86. The van der Waals surface area contributed by atoms with E-state index in [9.17, 15) is 24.0 Å². The molecule has 5 aromatic rings. The number of aryl methyl sites for hydroxylation is 1. The van der Waals surface area contributed by atoms with Crippen LogP contribution < -0.4 is 20.7 Å². The third-order valence-corrected chi connectivity index (χ3v) is 9.43. The van der Waals surface area contributed by atoms with Crippen molar-refractivity contribution in [2.24, 2.45) is 0 Å². The molecular weight excluding hydrogens is 702 g/mol. The van der Waals surface area contributed by atoms with Gasteiger partial charge >= 0.3 is 0 Å². The first kappa shape index (κ1) is 35.3. The Morgan fingerprint density at radius 1 is 0.962 bits per heavy atom. The largest absolute Gasteiger partial charge is 0.483 e. The molecule has 0 radical (unpaired) electrons. The van der Waals surface area contributed by atoms with E-state index in [0.29, 0.717) is 23.2 Å². The van der Waals surface area contributed by atoms with Crippen molar-refractivity contribution in [3.63, 3.8) is 0 Å². The zero-order chi connectivity index (χ0) is 36.9. The number of amides is 5. The first-order valence-corrected chi connectivity index (χ1v) is 17.8. The minimum Gasteiger partial charge on any atom is -0.483 e. The molecule has 16 heteroatoms. The lowest BCUT2D eigenvalue weighted by Gasteiger charge is -2.27. The molecule has 272 valence electrons. The monoisotopic (exact) mass is 737 g/mol. The van der Waals surface area contributed by atoms with E-state index < -0.39 is 29.7 Å². The molecule has 3 aromatic heterocycles. The number of halogens is 1. The van der Waals surface area contributed by atoms with E-state index in [-0.39, 0.29) is 42.2 Å². The Hall–Kier alpha value is -6.09. The highest BCUT2D eigenvalue weighted by Crippen LogP contribution is 2.34. The Balaban J connectivity index is 0.797. The number of benzene rings is 2. The summed E-state index contributed by atoms with van der Waals surface area (Å²) in [6.45, 7) is 0.881. The summed E-state index contributed by atoms with van der Waals surface area (Å²) < 4.78 is 7.51. The summed E-state index contributed by atoms with van der Waals surface area (Å²) in [6.07, 6.45) is 11.8. The van der Waals surface area contributed by atoms with Crippen molar-refractivity contribution in [1.82, 2.24) is 40.3 Å². The predicted molar refractivity (Wildman–Crippen MR) is 195 cm³/mol. The number of ether oxygens (including phenoxy) is 1. The van der Waals surface area contributed by atoms with Crippen molar-refractivity contribution in [2.75, 3.05) is 18.5 Å². The number of carbonyl (C=O) groups excluding carboxylic acids is 5. The highest BCUT2D eigenvalue weighted by molar-refractivity contribution is 6.33. The van der Waals surface area contributed by atoms with Crippen LogP contribution in [0.3, 0.4) is 0 Å². The molecule has 1 atom stereocenters. The Morgan fingerprint density at radius 3 is 2.66 bits per heavy atom. The van der Waals surface area contributed by atoms with Gasteiger partial charge in [-0.1, -0.05) is 55.1 Å². The van der Waals surface area contributed by atoms with Gasteiger partial charge in [0.2, 0.25) is 17.8 Å². The zero-order valence-electron chi connectivity index (χ0n) is 28.6. The first-order chi connectivity index (χ1) is 25.8. The number of hydrogen-bond acceptors (Lipinski definition) is 10. The minimum absolute atomic E-state index is 0.00381. The van der Waals surface area contributed by atoms with Gasteiger partial charge in [0.15, 0.2) is 6.61 Å². The van der Waals surface area contributed by atoms with Crippen LogP contribution in [0.4, 0.5) is 11.6 Å². The van der Waals surface area contributed by atoms with Crippen LogP contribution in [0.2, 0.25) is 5.02 Å². The third kappa shape index (κ3) is 7.74. The maximum Gasteiger partial charge on any atom is 0.266 e. The number of carbonyl (C=O) groups is 5. The Bertz CT molecular complexity index is 2220. The normalized spacial score (nSPS) is 15.5.